The Balaban J connectivity index is 1.60. The molecule has 3 aromatic rings. The summed E-state index contributed by atoms with van der Waals surface area (Å²) in [5.41, 5.74) is 0.958. The van der Waals surface area contributed by atoms with Crippen molar-refractivity contribution in [1.29, 1.82) is 0 Å². The van der Waals surface area contributed by atoms with Crippen LogP contribution in [-0.4, -0.2) is 40.4 Å². The van der Waals surface area contributed by atoms with Gasteiger partial charge in [-0.3, -0.25) is 9.59 Å². The van der Waals surface area contributed by atoms with Crippen LogP contribution in [0.5, 0.6) is 5.75 Å². The number of nitrogens with one attached hydrogen (secondary N) is 2. The third-order valence-corrected chi connectivity index (χ3v) is 8.12. The Kier molecular flexibility index (Phi) is 8.18. The van der Waals surface area contributed by atoms with Crippen LogP contribution in [0.2, 0.25) is 0 Å². The minimum Gasteiger partial charge on any atom is -0.497 e. The highest BCUT2D eigenvalue weighted by molar-refractivity contribution is 7.91. The van der Waals surface area contributed by atoms with Crippen molar-refractivity contribution in [3.05, 3.63) is 82.3 Å². The van der Waals surface area contributed by atoms with Gasteiger partial charge < -0.3 is 15.4 Å². The highest BCUT2D eigenvalue weighted by Crippen LogP contribution is 2.31. The van der Waals surface area contributed by atoms with Crippen LogP contribution in [0.3, 0.4) is 0 Å². The van der Waals surface area contributed by atoms with Gasteiger partial charge in [-0.25, -0.2) is 12.8 Å². The third-order valence-electron chi connectivity index (χ3n) is 4.89. The van der Waals surface area contributed by atoms with E-state index in [1.54, 1.807) is 36.8 Å². The molecular weight excluding hydrogens is 467 g/mol. The van der Waals surface area contributed by atoms with Crippen molar-refractivity contribution in [1.82, 2.24) is 10.6 Å². The Morgan fingerprint density at radius 1 is 1.00 bits per heavy atom. The number of carbonyl (C=O) groups excluding carboxylic acids is 2. The molecule has 2 aromatic carbocycles. The molecule has 7 nitrogen and oxygen atoms in total. The maximum Gasteiger partial charge on any atom is 0.309 e. The first-order valence-corrected chi connectivity index (χ1v) is 12.5. The molecule has 0 saturated heterocycles. The topological polar surface area (TPSA) is 102 Å². The number of methoxy groups -OCH3 is 1. The molecule has 2 amide bonds. The molecule has 0 aliphatic rings. The van der Waals surface area contributed by atoms with E-state index in [2.05, 4.69) is 10.6 Å². The van der Waals surface area contributed by atoms with E-state index in [1.807, 2.05) is 12.1 Å². The zero-order chi connectivity index (χ0) is 23.8. The lowest BCUT2D eigenvalue weighted by Crippen LogP contribution is -2.42. The molecule has 2 N–H and O–H groups in total. The number of amides is 2. The summed E-state index contributed by atoms with van der Waals surface area (Å²) in [7, 11) is -2.36. The number of sulfone groups is 1. The lowest BCUT2D eigenvalue weighted by atomic mass is 10.1. The molecule has 33 heavy (non-hydrogen) atoms. The number of carbonyl (C=O) groups is 2. The van der Waals surface area contributed by atoms with E-state index < -0.39 is 32.7 Å². The van der Waals surface area contributed by atoms with Gasteiger partial charge in [0.05, 0.1) is 12.0 Å². The predicted molar refractivity (Wildman–Crippen MR) is 123 cm³/mol. The molecular formula is C23H23FN2O5S2. The number of thiophene rings is 1. The van der Waals surface area contributed by atoms with E-state index in [9.17, 15) is 22.4 Å². The SMILES string of the molecule is COc1ccc(CCNC(=O)C(=O)NC[C@H](c2cccs2)S(=O)(=O)c2ccc(F)cc2)cc1. The molecule has 0 aliphatic carbocycles. The average molecular weight is 491 g/mol. The van der Waals surface area contributed by atoms with Gasteiger partial charge in [-0.05, 0) is 59.8 Å². The van der Waals surface area contributed by atoms with Crippen LogP contribution in [-0.2, 0) is 25.8 Å². The molecule has 10 heteroatoms. The van der Waals surface area contributed by atoms with E-state index in [0.29, 0.717) is 11.3 Å². The van der Waals surface area contributed by atoms with Crippen molar-refractivity contribution in [2.75, 3.05) is 20.2 Å². The van der Waals surface area contributed by atoms with Gasteiger partial charge in [-0.1, -0.05) is 18.2 Å². The highest BCUT2D eigenvalue weighted by Gasteiger charge is 2.31. The van der Waals surface area contributed by atoms with Crippen LogP contribution in [0, 0.1) is 5.82 Å². The highest BCUT2D eigenvalue weighted by atomic mass is 32.2. The predicted octanol–water partition coefficient (Wildman–Crippen LogP) is 2.89. The van der Waals surface area contributed by atoms with E-state index in [1.165, 1.54) is 23.5 Å². The summed E-state index contributed by atoms with van der Waals surface area (Å²) < 4.78 is 44.6. The molecule has 0 spiro atoms. The molecule has 0 aliphatic heterocycles. The quantitative estimate of drug-likeness (QED) is 0.355. The molecule has 3 rings (SSSR count). The minimum absolute atomic E-state index is 0.0690. The summed E-state index contributed by atoms with van der Waals surface area (Å²) in [4.78, 5) is 24.9. The fraction of sp³-hybridized carbons (Fsp3) is 0.217. The van der Waals surface area contributed by atoms with Gasteiger partial charge in [-0.2, -0.15) is 0 Å². The standard InChI is InChI=1S/C23H23FN2O5S2/c1-31-18-8-4-16(5-9-18)12-13-25-22(27)23(28)26-15-21(20-3-2-14-32-20)33(29,30)19-10-6-17(24)7-11-19/h2-11,14,21H,12-13,15H2,1H3,(H,25,27)(H,26,28)/t21-/m1/s1. The smallest absolute Gasteiger partial charge is 0.309 e. The largest absolute Gasteiger partial charge is 0.497 e. The van der Waals surface area contributed by atoms with Crippen LogP contribution >= 0.6 is 11.3 Å². The molecule has 1 atom stereocenters. The summed E-state index contributed by atoms with van der Waals surface area (Å²) in [6.45, 7) is -0.0637. The second-order valence-electron chi connectivity index (χ2n) is 7.07. The van der Waals surface area contributed by atoms with Gasteiger partial charge in [0, 0.05) is 18.0 Å². The lowest BCUT2D eigenvalue weighted by molar-refractivity contribution is -0.139. The van der Waals surface area contributed by atoms with Crippen molar-refractivity contribution in [3.63, 3.8) is 0 Å². The summed E-state index contributed by atoms with van der Waals surface area (Å²) in [6, 6.07) is 15.1. The van der Waals surface area contributed by atoms with Gasteiger partial charge >= 0.3 is 11.8 Å². The van der Waals surface area contributed by atoms with Crippen molar-refractivity contribution in [3.8, 4) is 5.75 Å². The fourth-order valence-electron chi connectivity index (χ4n) is 3.08. The van der Waals surface area contributed by atoms with E-state index in [4.69, 9.17) is 4.74 Å². The van der Waals surface area contributed by atoms with Gasteiger partial charge in [0.25, 0.3) is 0 Å². The zero-order valence-corrected chi connectivity index (χ0v) is 19.4. The molecule has 1 heterocycles. The molecule has 0 fully saturated rings. The monoisotopic (exact) mass is 490 g/mol. The number of halogens is 1. The third kappa shape index (κ3) is 6.39. The first-order valence-electron chi connectivity index (χ1n) is 10.0. The number of ether oxygens (including phenoxy) is 1. The number of hydrogen-bond acceptors (Lipinski definition) is 6. The van der Waals surface area contributed by atoms with Crippen molar-refractivity contribution in [2.24, 2.45) is 0 Å². The average Bonchev–Trinajstić information content (AvgIpc) is 3.34. The maximum atomic E-state index is 13.2. The maximum absolute atomic E-state index is 13.2. The van der Waals surface area contributed by atoms with Gasteiger partial charge in [0.1, 0.15) is 16.8 Å². The molecule has 0 radical (unpaired) electrons. The fourth-order valence-corrected chi connectivity index (χ4v) is 5.87. The number of benzene rings is 2. The molecule has 174 valence electrons. The molecule has 0 bridgehead atoms. The molecule has 0 saturated carbocycles. The molecule has 0 unspecified atom stereocenters. The van der Waals surface area contributed by atoms with Crippen molar-refractivity contribution in [2.45, 2.75) is 16.6 Å². The summed E-state index contributed by atoms with van der Waals surface area (Å²) >= 11 is 1.22. The summed E-state index contributed by atoms with van der Waals surface area (Å²) in [5, 5.41) is 5.54. The lowest BCUT2D eigenvalue weighted by Gasteiger charge is -2.17. The first-order chi connectivity index (χ1) is 15.8. The zero-order valence-electron chi connectivity index (χ0n) is 17.8. The van der Waals surface area contributed by atoms with Crippen LogP contribution in [0.25, 0.3) is 0 Å². The van der Waals surface area contributed by atoms with Gasteiger partial charge in [0.2, 0.25) is 0 Å². The Morgan fingerprint density at radius 3 is 2.27 bits per heavy atom. The van der Waals surface area contributed by atoms with Crippen LogP contribution < -0.4 is 15.4 Å². The first kappa shape index (κ1) is 24.4. The van der Waals surface area contributed by atoms with E-state index in [0.717, 1.165) is 23.4 Å². The molecule has 1 aromatic heterocycles. The Hall–Kier alpha value is -3.24. The van der Waals surface area contributed by atoms with E-state index >= 15 is 0 Å². The van der Waals surface area contributed by atoms with Crippen LogP contribution in [0.4, 0.5) is 4.39 Å². The normalized spacial score (nSPS) is 12.1. The Labute approximate surface area is 195 Å². The summed E-state index contributed by atoms with van der Waals surface area (Å²) in [6.07, 6.45) is 0.514. The van der Waals surface area contributed by atoms with Gasteiger partial charge in [0.15, 0.2) is 9.84 Å². The Bertz CT molecular complexity index is 1180. The Morgan fingerprint density at radius 2 is 1.67 bits per heavy atom. The van der Waals surface area contributed by atoms with Crippen LogP contribution in [0.15, 0.2) is 70.9 Å². The number of rotatable bonds is 9. The van der Waals surface area contributed by atoms with Gasteiger partial charge in [-0.15, -0.1) is 11.3 Å². The van der Waals surface area contributed by atoms with Crippen LogP contribution in [0.1, 0.15) is 15.7 Å². The van der Waals surface area contributed by atoms with Crippen molar-refractivity contribution >= 4 is 33.0 Å². The second-order valence-corrected chi connectivity index (χ2v) is 10.2. The second kappa shape index (κ2) is 11.1. The summed E-state index contributed by atoms with van der Waals surface area (Å²) in [5.74, 6) is -1.62. The van der Waals surface area contributed by atoms with Crippen molar-refractivity contribution < 1.29 is 27.1 Å². The number of hydrogen-bond donors (Lipinski definition) is 2. The van der Waals surface area contributed by atoms with E-state index in [-0.39, 0.29) is 18.0 Å². The minimum atomic E-state index is -3.93.